The molecule has 0 saturated heterocycles. The zero-order valence-corrected chi connectivity index (χ0v) is 18.4. The lowest BCUT2D eigenvalue weighted by atomic mass is 10.2. The third kappa shape index (κ3) is 5.84. The van der Waals surface area contributed by atoms with Gasteiger partial charge in [-0.3, -0.25) is 0 Å². The number of guanidine groups is 1. The lowest BCUT2D eigenvalue weighted by Gasteiger charge is -2.09. The van der Waals surface area contributed by atoms with Gasteiger partial charge in [0.2, 0.25) is 5.89 Å². The van der Waals surface area contributed by atoms with Gasteiger partial charge in [0.15, 0.2) is 5.96 Å². The number of para-hydroxylation sites is 1. The van der Waals surface area contributed by atoms with Gasteiger partial charge in [-0.05, 0) is 36.4 Å². The Bertz CT molecular complexity index is 1100. The molecule has 152 valence electrons. The molecule has 0 amide bonds. The van der Waals surface area contributed by atoms with Gasteiger partial charge >= 0.3 is 0 Å². The molecule has 4 rings (SSSR count). The average molecular weight is 512 g/mol. The summed E-state index contributed by atoms with van der Waals surface area (Å²) in [5, 5.41) is 3.07. The molecule has 0 aliphatic rings. The quantitative estimate of drug-likeness (QED) is 0.197. The molecule has 0 aliphatic heterocycles. The van der Waals surface area contributed by atoms with E-state index in [9.17, 15) is 0 Å². The number of aliphatic imine (C=N–C) groups is 1. The highest BCUT2D eigenvalue weighted by molar-refractivity contribution is 14.0. The minimum atomic E-state index is 0. The molecule has 1 aromatic heterocycles. The molecule has 0 atom stereocenters. The Balaban J connectivity index is 0.00000256. The first kappa shape index (κ1) is 21.4. The van der Waals surface area contributed by atoms with Crippen LogP contribution >= 0.6 is 24.0 Å². The highest BCUT2D eigenvalue weighted by atomic mass is 127. The number of nitrogens with two attached hydrogens (primary N) is 1. The van der Waals surface area contributed by atoms with Crippen molar-refractivity contribution in [3.63, 3.8) is 0 Å². The molecule has 0 radical (unpaired) electrons. The van der Waals surface area contributed by atoms with Crippen LogP contribution in [0, 0.1) is 0 Å². The Morgan fingerprint density at radius 1 is 0.933 bits per heavy atom. The molecule has 0 unspecified atom stereocenters. The van der Waals surface area contributed by atoms with Gasteiger partial charge in [0.1, 0.15) is 23.5 Å². The molecule has 3 N–H and O–H groups in total. The van der Waals surface area contributed by atoms with Crippen LogP contribution in [0.15, 0.2) is 101 Å². The van der Waals surface area contributed by atoms with Crippen LogP contribution in [0.3, 0.4) is 0 Å². The summed E-state index contributed by atoms with van der Waals surface area (Å²) in [6, 6.07) is 26.8. The van der Waals surface area contributed by atoms with Crippen LogP contribution in [0.1, 0.15) is 5.69 Å². The highest BCUT2D eigenvalue weighted by Gasteiger charge is 2.06. The second-order valence-corrected chi connectivity index (χ2v) is 6.28. The van der Waals surface area contributed by atoms with Gasteiger partial charge in [0.25, 0.3) is 0 Å². The van der Waals surface area contributed by atoms with Gasteiger partial charge in [0, 0.05) is 17.3 Å². The highest BCUT2D eigenvalue weighted by Crippen LogP contribution is 2.24. The van der Waals surface area contributed by atoms with Gasteiger partial charge in [-0.1, -0.05) is 42.5 Å². The van der Waals surface area contributed by atoms with Crippen molar-refractivity contribution in [2.24, 2.45) is 10.7 Å². The SMILES string of the molecule is I.NC(=NCc1coc(-c2ccccc2)n1)Nc1cccc(Oc2ccccc2)c1. The van der Waals surface area contributed by atoms with Crippen molar-refractivity contribution in [2.75, 3.05) is 5.32 Å². The molecule has 1 heterocycles. The van der Waals surface area contributed by atoms with Crippen molar-refractivity contribution in [3.05, 3.63) is 96.9 Å². The average Bonchev–Trinajstić information content (AvgIpc) is 3.23. The fourth-order valence-corrected chi connectivity index (χ4v) is 2.71. The maximum atomic E-state index is 6.01. The van der Waals surface area contributed by atoms with Crippen LogP contribution in [0.5, 0.6) is 11.5 Å². The van der Waals surface area contributed by atoms with E-state index in [1.165, 1.54) is 0 Å². The maximum Gasteiger partial charge on any atom is 0.226 e. The predicted octanol–water partition coefficient (Wildman–Crippen LogP) is 5.68. The van der Waals surface area contributed by atoms with E-state index in [1.807, 2.05) is 84.9 Å². The first-order valence-corrected chi connectivity index (χ1v) is 9.16. The van der Waals surface area contributed by atoms with Crippen molar-refractivity contribution in [1.82, 2.24) is 4.98 Å². The third-order valence-electron chi connectivity index (χ3n) is 4.07. The Morgan fingerprint density at radius 2 is 1.63 bits per heavy atom. The Morgan fingerprint density at radius 3 is 2.40 bits per heavy atom. The Labute approximate surface area is 191 Å². The molecule has 4 aromatic rings. The number of nitrogens with one attached hydrogen (secondary N) is 1. The van der Waals surface area contributed by atoms with Gasteiger partial charge in [-0.15, -0.1) is 24.0 Å². The van der Waals surface area contributed by atoms with E-state index in [2.05, 4.69) is 15.3 Å². The first-order chi connectivity index (χ1) is 14.3. The number of anilines is 1. The number of aromatic nitrogens is 1. The fraction of sp³-hybridized carbons (Fsp3) is 0.0435. The van der Waals surface area contributed by atoms with Gasteiger partial charge in [-0.25, -0.2) is 9.98 Å². The number of halogens is 1. The summed E-state index contributed by atoms with van der Waals surface area (Å²) < 4.78 is 11.3. The van der Waals surface area contributed by atoms with Crippen LogP contribution in [-0.2, 0) is 6.54 Å². The van der Waals surface area contributed by atoms with E-state index >= 15 is 0 Å². The normalized spacial score (nSPS) is 10.9. The van der Waals surface area contributed by atoms with E-state index in [4.69, 9.17) is 14.9 Å². The summed E-state index contributed by atoms with van der Waals surface area (Å²) in [6.45, 7) is 0.315. The van der Waals surface area contributed by atoms with E-state index < -0.39 is 0 Å². The molecule has 0 spiro atoms. The summed E-state index contributed by atoms with van der Waals surface area (Å²) >= 11 is 0. The molecular weight excluding hydrogens is 491 g/mol. The van der Waals surface area contributed by atoms with E-state index in [0.29, 0.717) is 23.9 Å². The smallest absolute Gasteiger partial charge is 0.226 e. The molecule has 0 bridgehead atoms. The van der Waals surface area contributed by atoms with Crippen LogP contribution in [0.25, 0.3) is 11.5 Å². The van der Waals surface area contributed by atoms with Gasteiger partial charge < -0.3 is 20.2 Å². The van der Waals surface area contributed by atoms with Crippen molar-refractivity contribution < 1.29 is 9.15 Å². The number of nitrogens with zero attached hydrogens (tertiary/aromatic N) is 2. The Kier molecular flexibility index (Phi) is 7.45. The molecule has 6 nitrogen and oxygen atoms in total. The molecule has 0 fully saturated rings. The van der Waals surface area contributed by atoms with Crippen LogP contribution < -0.4 is 15.8 Å². The zero-order chi connectivity index (χ0) is 19.9. The minimum absolute atomic E-state index is 0. The van der Waals surface area contributed by atoms with Crippen LogP contribution in [0.2, 0.25) is 0 Å². The maximum absolute atomic E-state index is 6.01. The molecule has 30 heavy (non-hydrogen) atoms. The number of hydrogen-bond acceptors (Lipinski definition) is 4. The summed E-state index contributed by atoms with van der Waals surface area (Å²) in [5.74, 6) is 2.32. The number of hydrogen-bond donors (Lipinski definition) is 2. The lowest BCUT2D eigenvalue weighted by Crippen LogP contribution is -2.22. The third-order valence-corrected chi connectivity index (χ3v) is 4.07. The number of benzene rings is 3. The van der Waals surface area contributed by atoms with E-state index in [1.54, 1.807) is 6.26 Å². The van der Waals surface area contributed by atoms with Crippen molar-refractivity contribution in [3.8, 4) is 23.0 Å². The fourth-order valence-electron chi connectivity index (χ4n) is 2.71. The monoisotopic (exact) mass is 512 g/mol. The topological polar surface area (TPSA) is 85.7 Å². The van der Waals surface area contributed by atoms with Crippen LogP contribution in [-0.4, -0.2) is 10.9 Å². The minimum Gasteiger partial charge on any atom is -0.457 e. The molecule has 0 aliphatic carbocycles. The second-order valence-electron chi connectivity index (χ2n) is 6.28. The van der Waals surface area contributed by atoms with Crippen molar-refractivity contribution >= 4 is 35.6 Å². The van der Waals surface area contributed by atoms with Gasteiger partial charge in [0.05, 0.1) is 6.54 Å². The summed E-state index contributed by atoms with van der Waals surface area (Å²) in [6.07, 6.45) is 1.59. The molecule has 7 heteroatoms. The lowest BCUT2D eigenvalue weighted by molar-refractivity contribution is 0.483. The number of rotatable bonds is 6. The van der Waals surface area contributed by atoms with Crippen molar-refractivity contribution in [1.29, 1.82) is 0 Å². The largest absolute Gasteiger partial charge is 0.457 e. The summed E-state index contributed by atoms with van der Waals surface area (Å²) in [7, 11) is 0. The molecule has 3 aromatic carbocycles. The second kappa shape index (κ2) is 10.4. The first-order valence-electron chi connectivity index (χ1n) is 9.16. The van der Waals surface area contributed by atoms with Crippen molar-refractivity contribution in [2.45, 2.75) is 6.54 Å². The van der Waals surface area contributed by atoms with Crippen LogP contribution in [0.4, 0.5) is 5.69 Å². The van der Waals surface area contributed by atoms with E-state index in [-0.39, 0.29) is 29.9 Å². The Hall–Kier alpha value is -3.33. The standard InChI is InChI=1S/C23H20N4O2.HI/c24-23(25-15-19-16-28-22(26-19)17-8-3-1-4-9-17)27-18-10-7-13-21(14-18)29-20-11-5-2-6-12-20;/h1-14,16H,15H2,(H3,24,25,27);1H. The van der Waals surface area contributed by atoms with Gasteiger partial charge in [-0.2, -0.15) is 0 Å². The molecule has 0 saturated carbocycles. The zero-order valence-electron chi connectivity index (χ0n) is 16.1. The molecular formula is C23H21IN4O2. The summed E-state index contributed by atoms with van der Waals surface area (Å²) in [5.41, 5.74) is 8.42. The number of oxazole rings is 1. The van der Waals surface area contributed by atoms with E-state index in [0.717, 1.165) is 17.0 Å². The number of ether oxygens (including phenoxy) is 1. The predicted molar refractivity (Wildman–Crippen MR) is 129 cm³/mol. The summed E-state index contributed by atoms with van der Waals surface area (Å²) in [4.78, 5) is 8.77.